The summed E-state index contributed by atoms with van der Waals surface area (Å²) in [7, 11) is 1.26. The molecule has 1 atom stereocenters. The van der Waals surface area contributed by atoms with Crippen molar-refractivity contribution in [2.45, 2.75) is 18.9 Å². The second-order valence-electron chi connectivity index (χ2n) is 4.97. The molecule has 0 spiro atoms. The molecule has 22 heavy (non-hydrogen) atoms. The summed E-state index contributed by atoms with van der Waals surface area (Å²) >= 11 is 0. The van der Waals surface area contributed by atoms with Crippen molar-refractivity contribution in [2.24, 2.45) is 0 Å². The van der Waals surface area contributed by atoms with E-state index in [0.29, 0.717) is 11.3 Å². The third-order valence-corrected chi connectivity index (χ3v) is 3.41. The Bertz CT molecular complexity index is 550. The Morgan fingerprint density at radius 1 is 1.27 bits per heavy atom. The third-order valence-electron chi connectivity index (χ3n) is 3.41. The maximum atomic E-state index is 11.9. The number of nitrogens with one attached hydrogen (secondary N) is 3. The molecular weight excluding hydrogens is 286 g/mol. The minimum absolute atomic E-state index is 0.0691. The molecule has 1 saturated heterocycles. The van der Waals surface area contributed by atoms with Crippen LogP contribution in [0.5, 0.6) is 0 Å². The van der Waals surface area contributed by atoms with Gasteiger partial charge in [0.05, 0.1) is 13.2 Å². The number of benzene rings is 1. The Labute approximate surface area is 128 Å². The zero-order valence-corrected chi connectivity index (χ0v) is 12.3. The number of hydrogen-bond acceptors (Lipinski definition) is 5. The van der Waals surface area contributed by atoms with E-state index in [1.54, 1.807) is 24.3 Å². The van der Waals surface area contributed by atoms with Crippen molar-refractivity contribution in [3.8, 4) is 0 Å². The van der Waals surface area contributed by atoms with Gasteiger partial charge in [-0.2, -0.15) is 0 Å². The highest BCUT2D eigenvalue weighted by atomic mass is 16.5. The van der Waals surface area contributed by atoms with Crippen molar-refractivity contribution in [1.29, 1.82) is 0 Å². The highest BCUT2D eigenvalue weighted by Gasteiger charge is 2.21. The molecule has 0 aromatic heterocycles. The van der Waals surface area contributed by atoms with Gasteiger partial charge in [0.25, 0.3) is 5.91 Å². The first-order valence-corrected chi connectivity index (χ1v) is 7.09. The molecular formula is C15H19N3O4. The first-order chi connectivity index (χ1) is 10.6. The molecule has 2 rings (SSSR count). The quantitative estimate of drug-likeness (QED) is 0.679. The lowest BCUT2D eigenvalue weighted by atomic mass is 10.1. The summed E-state index contributed by atoms with van der Waals surface area (Å²) in [4.78, 5) is 34.7. The molecule has 1 aromatic rings. The van der Waals surface area contributed by atoms with Gasteiger partial charge in [0.2, 0.25) is 5.91 Å². The number of carbonyl (C=O) groups excluding carboxylic acids is 3. The molecule has 0 aliphatic carbocycles. The second-order valence-corrected chi connectivity index (χ2v) is 4.97. The van der Waals surface area contributed by atoms with Crippen molar-refractivity contribution in [3.05, 3.63) is 29.8 Å². The van der Waals surface area contributed by atoms with Crippen LogP contribution in [0.1, 0.15) is 23.2 Å². The Balaban J connectivity index is 1.88. The average Bonchev–Trinajstić information content (AvgIpc) is 3.07. The molecule has 0 saturated carbocycles. The van der Waals surface area contributed by atoms with Gasteiger partial charge in [-0.25, -0.2) is 0 Å². The van der Waals surface area contributed by atoms with E-state index in [-0.39, 0.29) is 24.4 Å². The summed E-state index contributed by atoms with van der Waals surface area (Å²) < 4.78 is 4.44. The number of rotatable bonds is 5. The maximum Gasteiger partial charge on any atom is 0.325 e. The van der Waals surface area contributed by atoms with Crippen LogP contribution in [-0.2, 0) is 14.3 Å². The summed E-state index contributed by atoms with van der Waals surface area (Å²) in [6.45, 7) is 0.679. The van der Waals surface area contributed by atoms with Crippen LogP contribution >= 0.6 is 0 Å². The SMILES string of the molecule is COC(=O)CNC(=O)c1ccc(NC(=O)C2CCCN2)cc1. The smallest absolute Gasteiger partial charge is 0.325 e. The maximum absolute atomic E-state index is 11.9. The normalized spacial score (nSPS) is 16.9. The lowest BCUT2D eigenvalue weighted by Gasteiger charge is -2.11. The van der Waals surface area contributed by atoms with Gasteiger partial charge in [-0.05, 0) is 43.7 Å². The second kappa shape index (κ2) is 7.56. The van der Waals surface area contributed by atoms with Gasteiger partial charge >= 0.3 is 5.97 Å². The standard InChI is InChI=1S/C15H19N3O4/c1-22-13(19)9-17-14(20)10-4-6-11(7-5-10)18-15(21)12-3-2-8-16-12/h4-7,12,16H,2-3,8-9H2,1H3,(H,17,20)(H,18,21). The zero-order chi connectivity index (χ0) is 15.9. The van der Waals surface area contributed by atoms with Crippen LogP contribution in [0.3, 0.4) is 0 Å². The summed E-state index contributed by atoms with van der Waals surface area (Å²) in [5.41, 5.74) is 1.03. The molecule has 7 heteroatoms. The third kappa shape index (κ3) is 4.29. The zero-order valence-electron chi connectivity index (χ0n) is 12.3. The van der Waals surface area contributed by atoms with E-state index >= 15 is 0 Å². The molecule has 3 N–H and O–H groups in total. The minimum atomic E-state index is -0.513. The Hall–Kier alpha value is -2.41. The summed E-state index contributed by atoms with van der Waals surface area (Å²) in [5, 5.41) is 8.37. The highest BCUT2D eigenvalue weighted by molar-refractivity contribution is 5.98. The highest BCUT2D eigenvalue weighted by Crippen LogP contribution is 2.12. The van der Waals surface area contributed by atoms with Gasteiger partial charge in [-0.1, -0.05) is 0 Å². The van der Waals surface area contributed by atoms with Crippen LogP contribution in [-0.4, -0.2) is 44.0 Å². The van der Waals surface area contributed by atoms with Crippen molar-refractivity contribution < 1.29 is 19.1 Å². The molecule has 1 aliphatic heterocycles. The van der Waals surface area contributed by atoms with Crippen LogP contribution in [0.25, 0.3) is 0 Å². The van der Waals surface area contributed by atoms with Crippen molar-refractivity contribution >= 4 is 23.5 Å². The molecule has 2 amide bonds. The van der Waals surface area contributed by atoms with Gasteiger partial charge in [0.1, 0.15) is 6.54 Å². The van der Waals surface area contributed by atoms with Gasteiger partial charge in [-0.15, -0.1) is 0 Å². The fraction of sp³-hybridized carbons (Fsp3) is 0.400. The predicted octanol–water partition coefficient (Wildman–Crippen LogP) is 0.280. The molecule has 1 unspecified atom stereocenters. The molecule has 0 bridgehead atoms. The summed E-state index contributed by atoms with van der Waals surface area (Å²) in [5.74, 6) is -0.956. The number of methoxy groups -OCH3 is 1. The number of hydrogen-bond donors (Lipinski definition) is 3. The van der Waals surface area contributed by atoms with Crippen molar-refractivity contribution in [2.75, 3.05) is 25.5 Å². The van der Waals surface area contributed by atoms with Gasteiger partial charge in [-0.3, -0.25) is 14.4 Å². The van der Waals surface area contributed by atoms with Crippen LogP contribution in [0.4, 0.5) is 5.69 Å². The first-order valence-electron chi connectivity index (χ1n) is 7.09. The van der Waals surface area contributed by atoms with E-state index < -0.39 is 5.97 Å². The first kappa shape index (κ1) is 16.0. The van der Waals surface area contributed by atoms with E-state index in [9.17, 15) is 14.4 Å². The average molecular weight is 305 g/mol. The Morgan fingerprint density at radius 2 is 2.00 bits per heavy atom. The van der Waals surface area contributed by atoms with E-state index in [1.807, 2.05) is 0 Å². The number of anilines is 1. The van der Waals surface area contributed by atoms with E-state index in [1.165, 1.54) is 7.11 Å². The van der Waals surface area contributed by atoms with E-state index in [2.05, 4.69) is 20.7 Å². The number of carbonyl (C=O) groups is 3. The van der Waals surface area contributed by atoms with Crippen LogP contribution < -0.4 is 16.0 Å². The lowest BCUT2D eigenvalue weighted by molar-refractivity contribution is -0.139. The fourth-order valence-electron chi connectivity index (χ4n) is 2.17. The van der Waals surface area contributed by atoms with Crippen LogP contribution in [0.15, 0.2) is 24.3 Å². The molecule has 1 aliphatic rings. The summed E-state index contributed by atoms with van der Waals surface area (Å²) in [6, 6.07) is 6.33. The molecule has 1 heterocycles. The van der Waals surface area contributed by atoms with Gasteiger partial charge < -0.3 is 20.7 Å². The molecule has 118 valence electrons. The number of esters is 1. The minimum Gasteiger partial charge on any atom is -0.468 e. The van der Waals surface area contributed by atoms with E-state index in [4.69, 9.17) is 0 Å². The van der Waals surface area contributed by atoms with Crippen LogP contribution in [0, 0.1) is 0 Å². The molecule has 1 fully saturated rings. The molecule has 1 aromatic carbocycles. The molecule has 7 nitrogen and oxygen atoms in total. The van der Waals surface area contributed by atoms with Crippen LogP contribution in [0.2, 0.25) is 0 Å². The van der Waals surface area contributed by atoms with Crippen molar-refractivity contribution in [3.63, 3.8) is 0 Å². The Morgan fingerprint density at radius 3 is 2.59 bits per heavy atom. The van der Waals surface area contributed by atoms with Gasteiger partial charge in [0.15, 0.2) is 0 Å². The fourth-order valence-corrected chi connectivity index (χ4v) is 2.17. The lowest BCUT2D eigenvalue weighted by Crippen LogP contribution is -2.35. The molecule has 0 radical (unpaired) electrons. The topological polar surface area (TPSA) is 96.5 Å². The largest absolute Gasteiger partial charge is 0.468 e. The monoisotopic (exact) mass is 305 g/mol. The van der Waals surface area contributed by atoms with E-state index in [0.717, 1.165) is 19.4 Å². The predicted molar refractivity (Wildman–Crippen MR) is 80.4 cm³/mol. The number of ether oxygens (including phenoxy) is 1. The van der Waals surface area contributed by atoms with Crippen molar-refractivity contribution in [1.82, 2.24) is 10.6 Å². The number of amides is 2. The summed E-state index contributed by atoms with van der Waals surface area (Å²) in [6.07, 6.45) is 1.83. The van der Waals surface area contributed by atoms with Gasteiger partial charge in [0, 0.05) is 11.3 Å². The Kier molecular flexibility index (Phi) is 5.48.